The first-order valence-electron chi connectivity index (χ1n) is 3.99. The van der Waals surface area contributed by atoms with Crippen LogP contribution in [0, 0.1) is 11.3 Å². The Labute approximate surface area is 99.0 Å². The number of nitriles is 1. The average Bonchev–Trinajstić information content (AvgIpc) is 2.18. The minimum atomic E-state index is -2.65. The van der Waals surface area contributed by atoms with Gasteiger partial charge in [0, 0.05) is 16.2 Å². The van der Waals surface area contributed by atoms with E-state index in [2.05, 4.69) is 20.9 Å². The van der Waals surface area contributed by atoms with Crippen molar-refractivity contribution in [2.75, 3.05) is 0 Å². The maximum atomic E-state index is 12.7. The van der Waals surface area contributed by atoms with E-state index in [1.54, 1.807) is 0 Å². The SMILES string of the molecule is N#CCc1c(CCl)ncc(Br)c1C(F)F. The minimum Gasteiger partial charge on any atom is -0.259 e. The predicted molar refractivity (Wildman–Crippen MR) is 55.8 cm³/mol. The van der Waals surface area contributed by atoms with Gasteiger partial charge < -0.3 is 0 Å². The van der Waals surface area contributed by atoms with Gasteiger partial charge in [-0.05, 0) is 21.5 Å². The van der Waals surface area contributed by atoms with Gasteiger partial charge in [0.25, 0.3) is 6.43 Å². The molecule has 0 aromatic carbocycles. The molecule has 0 aliphatic rings. The maximum Gasteiger partial charge on any atom is 0.265 e. The van der Waals surface area contributed by atoms with Crippen molar-refractivity contribution in [1.29, 1.82) is 5.26 Å². The molecule has 2 nitrogen and oxygen atoms in total. The Kier molecular flexibility index (Phi) is 4.43. The summed E-state index contributed by atoms with van der Waals surface area (Å²) >= 11 is 8.55. The van der Waals surface area contributed by atoms with Gasteiger partial charge in [0.15, 0.2) is 0 Å². The first kappa shape index (κ1) is 12.3. The summed E-state index contributed by atoms with van der Waals surface area (Å²) in [5.74, 6) is 0.0179. The van der Waals surface area contributed by atoms with Crippen molar-refractivity contribution in [3.05, 3.63) is 27.5 Å². The summed E-state index contributed by atoms with van der Waals surface area (Å²) in [7, 11) is 0. The summed E-state index contributed by atoms with van der Waals surface area (Å²) in [5, 5.41) is 8.56. The highest BCUT2D eigenvalue weighted by Crippen LogP contribution is 2.32. The Hall–Kier alpha value is -0.730. The topological polar surface area (TPSA) is 36.7 Å². The first-order valence-corrected chi connectivity index (χ1v) is 5.31. The summed E-state index contributed by atoms with van der Waals surface area (Å²) in [4.78, 5) is 3.90. The van der Waals surface area contributed by atoms with E-state index in [1.807, 2.05) is 6.07 Å². The molecule has 80 valence electrons. The molecule has 0 atom stereocenters. The van der Waals surface area contributed by atoms with Crippen molar-refractivity contribution in [3.8, 4) is 6.07 Å². The van der Waals surface area contributed by atoms with Crippen LogP contribution in [-0.2, 0) is 12.3 Å². The fraction of sp³-hybridized carbons (Fsp3) is 0.333. The fourth-order valence-corrected chi connectivity index (χ4v) is 1.95. The zero-order chi connectivity index (χ0) is 11.4. The van der Waals surface area contributed by atoms with E-state index in [-0.39, 0.29) is 27.9 Å². The molecule has 0 radical (unpaired) electrons. The van der Waals surface area contributed by atoms with Gasteiger partial charge in [0.05, 0.1) is 24.1 Å². The van der Waals surface area contributed by atoms with Crippen LogP contribution in [-0.4, -0.2) is 4.98 Å². The van der Waals surface area contributed by atoms with E-state index in [1.165, 1.54) is 6.20 Å². The number of halogens is 4. The van der Waals surface area contributed by atoms with Crippen molar-refractivity contribution < 1.29 is 8.78 Å². The zero-order valence-corrected chi connectivity index (χ0v) is 9.82. The second-order valence-corrected chi connectivity index (χ2v) is 3.84. The molecule has 0 aliphatic heterocycles. The average molecular weight is 296 g/mol. The summed E-state index contributed by atoms with van der Waals surface area (Å²) in [6.45, 7) is 0. The monoisotopic (exact) mass is 294 g/mol. The van der Waals surface area contributed by atoms with Gasteiger partial charge in [-0.15, -0.1) is 11.6 Å². The third-order valence-electron chi connectivity index (χ3n) is 1.87. The molecule has 0 saturated carbocycles. The molecular formula is C9H6BrClF2N2. The molecule has 6 heteroatoms. The third kappa shape index (κ3) is 2.64. The fourth-order valence-electron chi connectivity index (χ4n) is 1.21. The van der Waals surface area contributed by atoms with E-state index in [9.17, 15) is 8.78 Å². The van der Waals surface area contributed by atoms with Crippen molar-refractivity contribution in [2.24, 2.45) is 0 Å². The van der Waals surface area contributed by atoms with Crippen molar-refractivity contribution >= 4 is 27.5 Å². The highest BCUT2D eigenvalue weighted by molar-refractivity contribution is 9.10. The molecule has 0 aliphatic carbocycles. The lowest BCUT2D eigenvalue weighted by atomic mass is 10.0. The number of rotatable bonds is 3. The van der Waals surface area contributed by atoms with Gasteiger partial charge in [-0.25, -0.2) is 8.78 Å². The third-order valence-corrected chi connectivity index (χ3v) is 2.75. The van der Waals surface area contributed by atoms with Crippen LogP contribution in [0.1, 0.15) is 23.2 Å². The molecule has 1 rings (SSSR count). The number of hydrogen-bond acceptors (Lipinski definition) is 2. The number of alkyl halides is 3. The smallest absolute Gasteiger partial charge is 0.259 e. The van der Waals surface area contributed by atoms with Crippen LogP contribution in [0.2, 0.25) is 0 Å². The highest BCUT2D eigenvalue weighted by atomic mass is 79.9. The van der Waals surface area contributed by atoms with Crippen LogP contribution in [0.25, 0.3) is 0 Å². The van der Waals surface area contributed by atoms with Crippen molar-refractivity contribution in [2.45, 2.75) is 18.7 Å². The molecule has 0 N–H and O–H groups in total. The molecule has 1 heterocycles. The van der Waals surface area contributed by atoms with Gasteiger partial charge >= 0.3 is 0 Å². The van der Waals surface area contributed by atoms with E-state index in [0.717, 1.165) is 0 Å². The summed E-state index contributed by atoms with van der Waals surface area (Å²) in [5.41, 5.74) is 0.357. The molecule has 1 aromatic heterocycles. The first-order chi connectivity index (χ1) is 7.11. The van der Waals surface area contributed by atoms with E-state index < -0.39 is 6.43 Å². The van der Waals surface area contributed by atoms with Crippen LogP contribution >= 0.6 is 27.5 Å². The Morgan fingerprint density at radius 3 is 2.73 bits per heavy atom. The Morgan fingerprint density at radius 1 is 1.60 bits per heavy atom. The van der Waals surface area contributed by atoms with Gasteiger partial charge in [-0.3, -0.25) is 4.98 Å². The van der Waals surface area contributed by atoms with Gasteiger partial charge in [0.2, 0.25) is 0 Å². The Bertz CT molecular complexity index is 404. The molecule has 0 fully saturated rings. The lowest BCUT2D eigenvalue weighted by Gasteiger charge is -2.11. The molecular weight excluding hydrogens is 289 g/mol. The van der Waals surface area contributed by atoms with E-state index >= 15 is 0 Å². The van der Waals surface area contributed by atoms with Crippen LogP contribution in [0.4, 0.5) is 8.78 Å². The number of nitrogens with zero attached hydrogens (tertiary/aromatic N) is 2. The summed E-state index contributed by atoms with van der Waals surface area (Å²) in [6.07, 6.45) is -1.48. The number of aromatic nitrogens is 1. The lowest BCUT2D eigenvalue weighted by molar-refractivity contribution is 0.149. The maximum absolute atomic E-state index is 12.7. The van der Waals surface area contributed by atoms with Crippen LogP contribution in [0.5, 0.6) is 0 Å². The molecule has 0 spiro atoms. The molecule has 0 unspecified atom stereocenters. The number of pyridine rings is 1. The lowest BCUT2D eigenvalue weighted by Crippen LogP contribution is -2.03. The Morgan fingerprint density at radius 2 is 2.27 bits per heavy atom. The van der Waals surface area contributed by atoms with E-state index in [0.29, 0.717) is 5.69 Å². The minimum absolute atomic E-state index is 0.0179. The summed E-state index contributed by atoms with van der Waals surface area (Å²) in [6, 6.07) is 1.83. The van der Waals surface area contributed by atoms with Gasteiger partial charge in [-0.2, -0.15) is 5.26 Å². The van der Waals surface area contributed by atoms with Crippen LogP contribution < -0.4 is 0 Å². The molecule has 0 amide bonds. The largest absolute Gasteiger partial charge is 0.265 e. The number of hydrogen-bond donors (Lipinski definition) is 0. The second kappa shape index (κ2) is 5.38. The van der Waals surface area contributed by atoms with Crippen molar-refractivity contribution in [3.63, 3.8) is 0 Å². The molecule has 15 heavy (non-hydrogen) atoms. The zero-order valence-electron chi connectivity index (χ0n) is 7.48. The summed E-state index contributed by atoms with van der Waals surface area (Å²) < 4.78 is 25.6. The molecule has 1 aromatic rings. The van der Waals surface area contributed by atoms with Crippen molar-refractivity contribution in [1.82, 2.24) is 4.98 Å². The van der Waals surface area contributed by atoms with E-state index in [4.69, 9.17) is 16.9 Å². The normalized spacial score (nSPS) is 10.4. The van der Waals surface area contributed by atoms with Crippen LogP contribution in [0.3, 0.4) is 0 Å². The van der Waals surface area contributed by atoms with Gasteiger partial charge in [-0.1, -0.05) is 0 Å². The predicted octanol–water partition coefficient (Wildman–Crippen LogP) is 3.59. The quantitative estimate of drug-likeness (QED) is 0.799. The molecule has 0 saturated heterocycles. The standard InChI is InChI=1S/C9H6BrClF2N2/c10-6-4-15-7(3-11)5(1-2-14)8(6)9(12)13/h4,9H,1,3H2. The molecule has 0 bridgehead atoms. The van der Waals surface area contributed by atoms with Crippen LogP contribution in [0.15, 0.2) is 10.7 Å². The highest BCUT2D eigenvalue weighted by Gasteiger charge is 2.20. The Balaban J connectivity index is 3.38. The second-order valence-electron chi connectivity index (χ2n) is 2.71. The van der Waals surface area contributed by atoms with Gasteiger partial charge in [0.1, 0.15) is 0 Å².